The summed E-state index contributed by atoms with van der Waals surface area (Å²) in [6, 6.07) is 4.16. The summed E-state index contributed by atoms with van der Waals surface area (Å²) in [6.07, 6.45) is 12.9. The van der Waals surface area contributed by atoms with Crippen molar-refractivity contribution in [2.24, 2.45) is 10.8 Å². The molecule has 32 heavy (non-hydrogen) atoms. The summed E-state index contributed by atoms with van der Waals surface area (Å²) in [5, 5.41) is 0. The van der Waals surface area contributed by atoms with Gasteiger partial charge in [0.15, 0.2) is 0 Å². The standard InChI is InChI=1S/C28H38O4/c1-19-15-21(29-7)16-20-9-12-26(5,31-23(19)20)18-22-17-25(4)10-8-11-27(25,6)28(30-22)14-13-24(2,3)32-28/h13-17H,8-12,18H2,1-7H3/t25-,26+,27-,28-/m1/s1. The summed E-state index contributed by atoms with van der Waals surface area (Å²) in [5.74, 6) is 2.19. The van der Waals surface area contributed by atoms with Gasteiger partial charge in [0.1, 0.15) is 22.9 Å². The van der Waals surface area contributed by atoms with Gasteiger partial charge in [0.2, 0.25) is 5.79 Å². The van der Waals surface area contributed by atoms with Crippen LogP contribution in [-0.4, -0.2) is 24.1 Å². The van der Waals surface area contributed by atoms with Crippen LogP contribution in [0.2, 0.25) is 0 Å². The van der Waals surface area contributed by atoms with E-state index in [2.05, 4.69) is 71.9 Å². The van der Waals surface area contributed by atoms with Gasteiger partial charge in [-0.05, 0) is 88.8 Å². The summed E-state index contributed by atoms with van der Waals surface area (Å²) in [5.41, 5.74) is 1.67. The molecule has 0 N–H and O–H groups in total. The van der Waals surface area contributed by atoms with Gasteiger partial charge in [-0.2, -0.15) is 0 Å². The van der Waals surface area contributed by atoms with E-state index in [1.807, 2.05) is 0 Å². The highest BCUT2D eigenvalue weighted by Crippen LogP contribution is 2.66. The lowest BCUT2D eigenvalue weighted by Gasteiger charge is -2.55. The smallest absolute Gasteiger partial charge is 0.236 e. The number of methoxy groups -OCH3 is 1. The number of fused-ring (bicyclic) bond motifs is 3. The van der Waals surface area contributed by atoms with Gasteiger partial charge in [-0.1, -0.05) is 26.3 Å². The average Bonchev–Trinajstić information content (AvgIpc) is 3.19. The van der Waals surface area contributed by atoms with E-state index in [9.17, 15) is 0 Å². The van der Waals surface area contributed by atoms with Crippen LogP contribution in [0.5, 0.6) is 11.5 Å². The van der Waals surface area contributed by atoms with Crippen molar-refractivity contribution in [2.75, 3.05) is 7.11 Å². The summed E-state index contributed by atoms with van der Waals surface area (Å²) in [4.78, 5) is 0. The van der Waals surface area contributed by atoms with Crippen molar-refractivity contribution in [2.45, 2.75) is 97.1 Å². The Labute approximate surface area is 193 Å². The minimum absolute atomic E-state index is 0.0392. The Morgan fingerprint density at radius 3 is 2.44 bits per heavy atom. The molecule has 1 fully saturated rings. The third-order valence-corrected chi connectivity index (χ3v) is 8.66. The second kappa shape index (κ2) is 6.79. The van der Waals surface area contributed by atoms with Crippen LogP contribution in [0.25, 0.3) is 0 Å². The van der Waals surface area contributed by atoms with E-state index in [0.29, 0.717) is 0 Å². The van der Waals surface area contributed by atoms with Gasteiger partial charge in [-0.3, -0.25) is 0 Å². The van der Waals surface area contributed by atoms with E-state index >= 15 is 0 Å². The number of aryl methyl sites for hydroxylation is 2. The lowest BCUT2D eigenvalue weighted by Crippen LogP contribution is -2.57. The van der Waals surface area contributed by atoms with Crippen LogP contribution in [0, 0.1) is 17.8 Å². The lowest BCUT2D eigenvalue weighted by atomic mass is 9.61. The first-order chi connectivity index (χ1) is 14.9. The van der Waals surface area contributed by atoms with E-state index in [0.717, 1.165) is 54.9 Å². The van der Waals surface area contributed by atoms with Crippen LogP contribution in [0.3, 0.4) is 0 Å². The molecular weight excluding hydrogens is 400 g/mol. The number of rotatable bonds is 3. The molecule has 4 aliphatic rings. The molecule has 1 aromatic carbocycles. The van der Waals surface area contributed by atoms with Crippen LogP contribution in [-0.2, 0) is 15.9 Å². The van der Waals surface area contributed by atoms with Gasteiger partial charge in [0, 0.05) is 17.3 Å². The van der Waals surface area contributed by atoms with E-state index < -0.39 is 5.79 Å². The number of hydrogen-bond acceptors (Lipinski definition) is 4. The predicted octanol–water partition coefficient (Wildman–Crippen LogP) is 6.65. The second-order valence-corrected chi connectivity index (χ2v) is 11.7. The van der Waals surface area contributed by atoms with Crippen molar-refractivity contribution in [3.8, 4) is 11.5 Å². The third-order valence-electron chi connectivity index (χ3n) is 8.66. The molecule has 4 nitrogen and oxygen atoms in total. The normalized spacial score (nSPS) is 39.2. The van der Waals surface area contributed by atoms with Gasteiger partial charge >= 0.3 is 0 Å². The van der Waals surface area contributed by atoms with E-state index in [-0.39, 0.29) is 22.0 Å². The topological polar surface area (TPSA) is 36.9 Å². The Morgan fingerprint density at radius 2 is 1.75 bits per heavy atom. The van der Waals surface area contributed by atoms with E-state index in [1.54, 1.807) is 7.11 Å². The Bertz CT molecular complexity index is 1010. The van der Waals surface area contributed by atoms with Crippen LogP contribution in [0.4, 0.5) is 0 Å². The number of allylic oxidation sites excluding steroid dienone is 1. The molecule has 1 aromatic rings. The van der Waals surface area contributed by atoms with Crippen LogP contribution >= 0.6 is 0 Å². The molecule has 1 aliphatic carbocycles. The fourth-order valence-corrected chi connectivity index (χ4v) is 6.52. The fraction of sp³-hybridized carbons (Fsp3) is 0.643. The van der Waals surface area contributed by atoms with Gasteiger partial charge in [-0.25, -0.2) is 0 Å². The molecular formula is C28H38O4. The van der Waals surface area contributed by atoms with Crippen LogP contribution in [0.15, 0.2) is 36.1 Å². The molecule has 0 bridgehead atoms. The molecule has 1 saturated carbocycles. The zero-order valence-corrected chi connectivity index (χ0v) is 20.8. The second-order valence-electron chi connectivity index (χ2n) is 11.7. The molecule has 0 aromatic heterocycles. The molecule has 4 atom stereocenters. The Hall–Kier alpha value is -1.94. The molecule has 0 saturated heterocycles. The van der Waals surface area contributed by atoms with Crippen molar-refractivity contribution >= 4 is 0 Å². The van der Waals surface area contributed by atoms with E-state index in [1.165, 1.54) is 12.0 Å². The molecule has 0 unspecified atom stereocenters. The van der Waals surface area contributed by atoms with Crippen molar-refractivity contribution < 1.29 is 18.9 Å². The van der Waals surface area contributed by atoms with Gasteiger partial charge in [-0.15, -0.1) is 0 Å². The van der Waals surface area contributed by atoms with Crippen LogP contribution < -0.4 is 9.47 Å². The molecule has 174 valence electrons. The van der Waals surface area contributed by atoms with Crippen molar-refractivity contribution in [1.29, 1.82) is 0 Å². The highest BCUT2D eigenvalue weighted by Gasteiger charge is 2.66. The maximum absolute atomic E-state index is 6.83. The minimum atomic E-state index is -0.710. The van der Waals surface area contributed by atoms with E-state index in [4.69, 9.17) is 18.9 Å². The number of ether oxygens (including phenoxy) is 4. The molecule has 1 spiro atoms. The first-order valence-corrected chi connectivity index (χ1v) is 12.1. The Kier molecular flexibility index (Phi) is 4.64. The zero-order chi connectivity index (χ0) is 23.0. The van der Waals surface area contributed by atoms with Crippen molar-refractivity contribution in [1.82, 2.24) is 0 Å². The maximum Gasteiger partial charge on any atom is 0.236 e. The minimum Gasteiger partial charge on any atom is -0.497 e. The molecule has 0 radical (unpaired) electrons. The summed E-state index contributed by atoms with van der Waals surface area (Å²) in [7, 11) is 1.72. The maximum atomic E-state index is 6.83. The van der Waals surface area contributed by atoms with Crippen molar-refractivity contribution in [3.63, 3.8) is 0 Å². The van der Waals surface area contributed by atoms with Gasteiger partial charge in [0.05, 0.1) is 12.7 Å². The lowest BCUT2D eigenvalue weighted by molar-refractivity contribution is -0.293. The number of hydrogen-bond donors (Lipinski definition) is 0. The van der Waals surface area contributed by atoms with Crippen LogP contribution in [0.1, 0.15) is 77.8 Å². The molecule has 5 rings (SSSR count). The summed E-state index contributed by atoms with van der Waals surface area (Å²) < 4.78 is 25.7. The summed E-state index contributed by atoms with van der Waals surface area (Å²) in [6.45, 7) is 13.3. The first kappa shape index (κ1) is 21.9. The SMILES string of the molecule is COc1cc(C)c2c(c1)CC[C@@](C)(CC1=C[C@@]3(C)CCC[C@@]3(C)[C@]3(C=CC(C)(C)O3)O1)O2. The highest BCUT2D eigenvalue weighted by atomic mass is 16.7. The Balaban J connectivity index is 1.46. The average molecular weight is 439 g/mol. The molecule has 3 heterocycles. The Morgan fingerprint density at radius 1 is 0.969 bits per heavy atom. The van der Waals surface area contributed by atoms with Crippen molar-refractivity contribution in [3.05, 3.63) is 47.2 Å². The first-order valence-electron chi connectivity index (χ1n) is 12.1. The quantitative estimate of drug-likeness (QED) is 0.495. The zero-order valence-electron chi connectivity index (χ0n) is 20.8. The molecule has 3 aliphatic heterocycles. The monoisotopic (exact) mass is 438 g/mol. The molecule has 0 amide bonds. The highest BCUT2D eigenvalue weighted by molar-refractivity contribution is 5.48. The van der Waals surface area contributed by atoms with Gasteiger partial charge in [0.25, 0.3) is 0 Å². The fourth-order valence-electron chi connectivity index (χ4n) is 6.52. The predicted molar refractivity (Wildman–Crippen MR) is 126 cm³/mol. The summed E-state index contributed by atoms with van der Waals surface area (Å²) >= 11 is 0. The number of benzene rings is 1. The van der Waals surface area contributed by atoms with Gasteiger partial charge < -0.3 is 18.9 Å². The molecule has 4 heteroatoms. The largest absolute Gasteiger partial charge is 0.497 e. The third kappa shape index (κ3) is 3.13.